The average molecular weight is 276 g/mol. The Morgan fingerprint density at radius 1 is 1.20 bits per heavy atom. The molecule has 0 aliphatic rings. The summed E-state index contributed by atoms with van der Waals surface area (Å²) in [5.41, 5.74) is 3.89. The fourth-order valence-corrected chi connectivity index (χ4v) is 2.75. The van der Waals surface area contributed by atoms with Crippen molar-refractivity contribution in [2.24, 2.45) is 7.05 Å². The van der Waals surface area contributed by atoms with E-state index >= 15 is 0 Å². The molecule has 0 radical (unpaired) electrons. The quantitative estimate of drug-likeness (QED) is 0.824. The number of benzene rings is 1. The molecule has 0 bridgehead atoms. The summed E-state index contributed by atoms with van der Waals surface area (Å²) in [5.74, 6) is 0. The molecule has 110 valence electrons. The Morgan fingerprint density at radius 3 is 2.45 bits per heavy atom. The molecule has 1 N–H and O–H groups in total. The van der Waals surface area contributed by atoms with Crippen LogP contribution in [-0.2, 0) is 23.1 Å². The van der Waals surface area contributed by atoms with Crippen molar-refractivity contribution in [2.45, 2.75) is 32.7 Å². The summed E-state index contributed by atoms with van der Waals surface area (Å²) in [6.07, 6.45) is -0.231. The maximum Gasteiger partial charge on any atom is 0.171 e. The third-order valence-electron chi connectivity index (χ3n) is 3.97. The second-order valence-corrected chi connectivity index (χ2v) is 5.16. The lowest BCUT2D eigenvalue weighted by Crippen LogP contribution is -2.39. The van der Waals surface area contributed by atoms with Crippen LogP contribution < -0.4 is 5.32 Å². The summed E-state index contributed by atoms with van der Waals surface area (Å²) in [7, 11) is 5.43. The maximum absolute atomic E-state index is 5.28. The molecule has 4 nitrogen and oxygen atoms in total. The molecule has 0 amide bonds. The van der Waals surface area contributed by atoms with E-state index in [0.29, 0.717) is 0 Å². The van der Waals surface area contributed by atoms with E-state index in [1.165, 1.54) is 22.2 Å². The number of fused-ring (bicyclic) bond motifs is 1. The summed E-state index contributed by atoms with van der Waals surface area (Å²) in [5, 5.41) is 4.79. The van der Waals surface area contributed by atoms with Crippen LogP contribution >= 0.6 is 0 Å². The van der Waals surface area contributed by atoms with Crippen molar-refractivity contribution in [3.8, 4) is 0 Å². The maximum atomic E-state index is 5.28. The summed E-state index contributed by atoms with van der Waals surface area (Å²) in [4.78, 5) is 0. The van der Waals surface area contributed by atoms with Crippen molar-refractivity contribution in [3.05, 3.63) is 35.5 Å². The van der Waals surface area contributed by atoms with Crippen LogP contribution in [0.3, 0.4) is 0 Å². The highest BCUT2D eigenvalue weighted by atomic mass is 16.7. The predicted octanol–water partition coefficient (Wildman–Crippen LogP) is 2.58. The van der Waals surface area contributed by atoms with Crippen LogP contribution in [0.4, 0.5) is 0 Å². The summed E-state index contributed by atoms with van der Waals surface area (Å²) < 4.78 is 12.8. The molecule has 0 saturated carbocycles. The Balaban J connectivity index is 2.18. The summed E-state index contributed by atoms with van der Waals surface area (Å²) >= 11 is 0. The lowest BCUT2D eigenvalue weighted by atomic mass is 10.1. The molecule has 0 aliphatic heterocycles. The Morgan fingerprint density at radius 2 is 1.85 bits per heavy atom. The molecule has 0 saturated heterocycles. The summed E-state index contributed by atoms with van der Waals surface area (Å²) in [6.45, 7) is 5.03. The summed E-state index contributed by atoms with van der Waals surface area (Å²) in [6, 6.07) is 8.61. The van der Waals surface area contributed by atoms with Gasteiger partial charge >= 0.3 is 0 Å². The van der Waals surface area contributed by atoms with Gasteiger partial charge in [0.25, 0.3) is 0 Å². The molecule has 2 aromatic rings. The van der Waals surface area contributed by atoms with Gasteiger partial charge in [-0.05, 0) is 25.5 Å². The highest BCUT2D eigenvalue weighted by Crippen LogP contribution is 2.24. The van der Waals surface area contributed by atoms with Gasteiger partial charge in [-0.15, -0.1) is 0 Å². The molecule has 4 heteroatoms. The predicted molar refractivity (Wildman–Crippen MR) is 81.8 cm³/mol. The van der Waals surface area contributed by atoms with Gasteiger partial charge in [-0.25, -0.2) is 0 Å². The number of hydrogen-bond donors (Lipinski definition) is 1. The standard InChI is InChI=1S/C16H24N2O2/c1-11-13-8-6-7-9-14(13)18(3)15(11)10-17-12(2)16(19-4)20-5/h6-9,12,16-17H,10H2,1-5H3. The van der Waals surface area contributed by atoms with Crippen molar-refractivity contribution in [2.75, 3.05) is 14.2 Å². The molecule has 0 fully saturated rings. The van der Waals surface area contributed by atoms with Crippen molar-refractivity contribution in [3.63, 3.8) is 0 Å². The highest BCUT2D eigenvalue weighted by molar-refractivity contribution is 5.85. The van der Waals surface area contributed by atoms with E-state index in [2.05, 4.69) is 55.0 Å². The Kier molecular flexibility index (Phi) is 4.81. The molecule has 1 heterocycles. The largest absolute Gasteiger partial charge is 0.354 e. The van der Waals surface area contributed by atoms with Crippen molar-refractivity contribution in [1.82, 2.24) is 9.88 Å². The van der Waals surface area contributed by atoms with E-state index < -0.39 is 0 Å². The van der Waals surface area contributed by atoms with Gasteiger partial charge in [-0.1, -0.05) is 18.2 Å². The van der Waals surface area contributed by atoms with Crippen LogP contribution in [0.1, 0.15) is 18.2 Å². The first kappa shape index (κ1) is 15.0. The van der Waals surface area contributed by atoms with Crippen LogP contribution in [0.2, 0.25) is 0 Å². The van der Waals surface area contributed by atoms with Crippen molar-refractivity contribution >= 4 is 10.9 Å². The van der Waals surface area contributed by atoms with Crippen LogP contribution in [0, 0.1) is 6.92 Å². The van der Waals surface area contributed by atoms with Crippen LogP contribution in [0.15, 0.2) is 24.3 Å². The van der Waals surface area contributed by atoms with Gasteiger partial charge in [-0.3, -0.25) is 0 Å². The molecule has 1 atom stereocenters. The highest BCUT2D eigenvalue weighted by Gasteiger charge is 2.17. The number of aryl methyl sites for hydroxylation is 2. The fourth-order valence-electron chi connectivity index (χ4n) is 2.75. The van der Waals surface area contributed by atoms with Gasteiger partial charge in [0.15, 0.2) is 6.29 Å². The molecular weight excluding hydrogens is 252 g/mol. The minimum absolute atomic E-state index is 0.127. The van der Waals surface area contributed by atoms with Crippen LogP contribution in [0.25, 0.3) is 10.9 Å². The normalized spacial score (nSPS) is 13.3. The van der Waals surface area contributed by atoms with Crippen LogP contribution in [-0.4, -0.2) is 31.1 Å². The fraction of sp³-hybridized carbons (Fsp3) is 0.500. The first-order valence-electron chi connectivity index (χ1n) is 6.92. The minimum atomic E-state index is -0.231. The number of nitrogens with one attached hydrogen (secondary N) is 1. The molecule has 0 spiro atoms. The number of rotatable bonds is 6. The number of aromatic nitrogens is 1. The van der Waals surface area contributed by atoms with Gasteiger partial charge in [0, 0.05) is 44.4 Å². The number of para-hydroxylation sites is 1. The van der Waals surface area contributed by atoms with E-state index in [1.54, 1.807) is 14.2 Å². The first-order valence-corrected chi connectivity index (χ1v) is 6.92. The number of methoxy groups -OCH3 is 2. The lowest BCUT2D eigenvalue weighted by Gasteiger charge is -2.22. The van der Waals surface area contributed by atoms with Gasteiger partial charge in [-0.2, -0.15) is 0 Å². The van der Waals surface area contributed by atoms with E-state index in [0.717, 1.165) is 6.54 Å². The Hall–Kier alpha value is -1.36. The zero-order chi connectivity index (χ0) is 14.7. The second kappa shape index (κ2) is 6.39. The van der Waals surface area contributed by atoms with E-state index in [-0.39, 0.29) is 12.3 Å². The molecule has 2 rings (SSSR count). The average Bonchev–Trinajstić information content (AvgIpc) is 2.71. The number of hydrogen-bond acceptors (Lipinski definition) is 3. The minimum Gasteiger partial charge on any atom is -0.354 e. The van der Waals surface area contributed by atoms with E-state index in [1.807, 2.05) is 0 Å². The molecule has 1 aromatic carbocycles. The molecule has 1 unspecified atom stereocenters. The molecular formula is C16H24N2O2. The third-order valence-corrected chi connectivity index (χ3v) is 3.97. The Labute approximate surface area is 120 Å². The monoisotopic (exact) mass is 276 g/mol. The zero-order valence-corrected chi connectivity index (χ0v) is 12.9. The smallest absolute Gasteiger partial charge is 0.171 e. The van der Waals surface area contributed by atoms with E-state index in [9.17, 15) is 0 Å². The lowest BCUT2D eigenvalue weighted by molar-refractivity contribution is -0.119. The van der Waals surface area contributed by atoms with Crippen molar-refractivity contribution in [1.29, 1.82) is 0 Å². The van der Waals surface area contributed by atoms with E-state index in [4.69, 9.17) is 9.47 Å². The van der Waals surface area contributed by atoms with Gasteiger partial charge in [0.2, 0.25) is 0 Å². The van der Waals surface area contributed by atoms with Crippen molar-refractivity contribution < 1.29 is 9.47 Å². The zero-order valence-electron chi connectivity index (χ0n) is 12.9. The van der Waals surface area contributed by atoms with Gasteiger partial charge < -0.3 is 19.4 Å². The molecule has 20 heavy (non-hydrogen) atoms. The van der Waals surface area contributed by atoms with Gasteiger partial charge in [0.05, 0.1) is 6.04 Å². The van der Waals surface area contributed by atoms with Crippen LogP contribution in [0.5, 0.6) is 0 Å². The third kappa shape index (κ3) is 2.73. The number of nitrogens with zero attached hydrogens (tertiary/aromatic N) is 1. The SMILES string of the molecule is COC(OC)C(C)NCc1c(C)c2ccccc2n1C. The molecule has 0 aliphatic carbocycles. The van der Waals surface area contributed by atoms with Gasteiger partial charge in [0.1, 0.15) is 0 Å². The Bertz CT molecular complexity index is 534. The first-order chi connectivity index (χ1) is 9.60. The topological polar surface area (TPSA) is 35.4 Å². The second-order valence-electron chi connectivity index (χ2n) is 5.16. The molecule has 1 aromatic heterocycles. The number of ether oxygens (including phenoxy) is 2.